The van der Waals surface area contributed by atoms with Crippen LogP contribution in [0.4, 0.5) is 0 Å². The van der Waals surface area contributed by atoms with E-state index >= 15 is 0 Å². The van der Waals surface area contributed by atoms with E-state index in [0.717, 1.165) is 0 Å². The van der Waals surface area contributed by atoms with Crippen molar-refractivity contribution in [2.24, 2.45) is 0 Å². The summed E-state index contributed by atoms with van der Waals surface area (Å²) in [7, 11) is 1.32. The quantitative estimate of drug-likeness (QED) is 0.267. The van der Waals surface area contributed by atoms with Crippen LogP contribution in [0.3, 0.4) is 0 Å². The molecule has 0 radical (unpaired) electrons. The number of halogens is 1. The number of amides is 1. The van der Waals surface area contributed by atoms with Gasteiger partial charge < -0.3 is 18.9 Å². The smallest absolute Gasteiger partial charge is 0.354 e. The molecule has 0 unspecified atom stereocenters. The molecule has 7 nitrogen and oxygen atoms in total. The molecule has 1 aromatic carbocycles. The van der Waals surface area contributed by atoms with Crippen molar-refractivity contribution in [2.75, 3.05) is 26.9 Å². The number of Topliss-reactive ketones (excluding diaryl/α,β-unsaturated/α-hetero) is 1. The number of ether oxygens (including phenoxy) is 2. The van der Waals surface area contributed by atoms with Crippen LogP contribution in [0.15, 0.2) is 24.3 Å². The van der Waals surface area contributed by atoms with E-state index in [1.54, 1.807) is 49.6 Å². The predicted octanol–water partition coefficient (Wildman–Crippen LogP) is 4.71. The third kappa shape index (κ3) is 5.65. The van der Waals surface area contributed by atoms with Crippen molar-refractivity contribution in [3.05, 3.63) is 57.4 Å². The van der Waals surface area contributed by atoms with Gasteiger partial charge in [0, 0.05) is 37.6 Å². The number of hydrogen-bond donors (Lipinski definition) is 0. The van der Waals surface area contributed by atoms with E-state index in [2.05, 4.69) is 0 Å². The van der Waals surface area contributed by atoms with Gasteiger partial charge in [0.1, 0.15) is 5.69 Å². The van der Waals surface area contributed by atoms with E-state index in [1.807, 2.05) is 13.8 Å². The molecule has 1 atom stereocenters. The Morgan fingerprint density at radius 3 is 2.39 bits per heavy atom. The Hall–Kier alpha value is -2.64. The van der Waals surface area contributed by atoms with Crippen molar-refractivity contribution in [2.45, 2.75) is 53.6 Å². The zero-order valence-corrected chi connectivity index (χ0v) is 21.0. The van der Waals surface area contributed by atoms with Gasteiger partial charge in [0.05, 0.1) is 23.7 Å². The van der Waals surface area contributed by atoms with Crippen molar-refractivity contribution in [1.29, 1.82) is 0 Å². The summed E-state index contributed by atoms with van der Waals surface area (Å²) < 4.78 is 12.1. The molecule has 33 heavy (non-hydrogen) atoms. The standard InChI is InChI=1S/C25H33ClN2O5/c1-7-27-17(4)21(16(3)22(27)25(31)32-6)23(29)18(5)28(14-11-15-33-8-2)24(30)19-12-9-10-13-20(19)26/h9-10,12-13,18H,7-8,11,14-15H2,1-6H3/t18-/m1/s1. The molecule has 1 amide bonds. The Labute approximate surface area is 200 Å². The Kier molecular flexibility index (Phi) is 9.68. The molecule has 180 valence electrons. The molecule has 0 saturated carbocycles. The van der Waals surface area contributed by atoms with E-state index in [-0.39, 0.29) is 11.7 Å². The molecule has 0 spiro atoms. The van der Waals surface area contributed by atoms with Gasteiger partial charge in [-0.2, -0.15) is 0 Å². The fourth-order valence-electron chi connectivity index (χ4n) is 4.11. The predicted molar refractivity (Wildman–Crippen MR) is 128 cm³/mol. The van der Waals surface area contributed by atoms with E-state index < -0.39 is 12.0 Å². The molecular formula is C25H33ClN2O5. The molecule has 0 aliphatic heterocycles. The second-order valence-corrected chi connectivity index (χ2v) is 8.15. The summed E-state index contributed by atoms with van der Waals surface area (Å²) in [5.74, 6) is -1.06. The molecule has 1 aromatic heterocycles. The lowest BCUT2D eigenvalue weighted by Gasteiger charge is -2.29. The first-order valence-corrected chi connectivity index (χ1v) is 11.5. The van der Waals surface area contributed by atoms with Crippen LogP contribution in [0.25, 0.3) is 0 Å². The van der Waals surface area contributed by atoms with Crippen LogP contribution in [0.2, 0.25) is 5.02 Å². The minimum atomic E-state index is -0.772. The van der Waals surface area contributed by atoms with Crippen molar-refractivity contribution >= 4 is 29.3 Å². The average molecular weight is 477 g/mol. The number of benzene rings is 1. The van der Waals surface area contributed by atoms with E-state index in [9.17, 15) is 14.4 Å². The fourth-order valence-corrected chi connectivity index (χ4v) is 4.32. The van der Waals surface area contributed by atoms with Crippen LogP contribution in [-0.4, -0.2) is 60.0 Å². The normalized spacial score (nSPS) is 11.8. The highest BCUT2D eigenvalue weighted by atomic mass is 35.5. The van der Waals surface area contributed by atoms with Gasteiger partial charge in [0.25, 0.3) is 5.91 Å². The van der Waals surface area contributed by atoms with Crippen LogP contribution in [0, 0.1) is 13.8 Å². The molecule has 2 aromatic rings. The number of hydrogen-bond acceptors (Lipinski definition) is 5. The van der Waals surface area contributed by atoms with E-state index in [0.29, 0.717) is 65.8 Å². The van der Waals surface area contributed by atoms with Crippen molar-refractivity contribution in [3.63, 3.8) is 0 Å². The molecular weight excluding hydrogens is 444 g/mol. The lowest BCUT2D eigenvalue weighted by molar-refractivity contribution is 0.0584. The number of esters is 1. The monoisotopic (exact) mass is 476 g/mol. The number of aromatic nitrogens is 1. The highest BCUT2D eigenvalue weighted by molar-refractivity contribution is 6.33. The number of carbonyl (C=O) groups is 3. The Bertz CT molecular complexity index is 1010. The van der Waals surface area contributed by atoms with Crippen molar-refractivity contribution in [1.82, 2.24) is 9.47 Å². The van der Waals surface area contributed by atoms with Gasteiger partial charge >= 0.3 is 5.97 Å². The van der Waals surface area contributed by atoms with Gasteiger partial charge in [-0.1, -0.05) is 23.7 Å². The first-order chi connectivity index (χ1) is 15.7. The summed E-state index contributed by atoms with van der Waals surface area (Å²) in [5, 5.41) is 0.328. The van der Waals surface area contributed by atoms with Gasteiger partial charge in [0.15, 0.2) is 5.78 Å². The zero-order valence-electron chi connectivity index (χ0n) is 20.2. The maximum atomic E-state index is 13.7. The molecule has 0 fully saturated rings. The molecule has 2 rings (SSSR count). The molecule has 0 N–H and O–H groups in total. The molecule has 0 aliphatic rings. The number of ketones is 1. The van der Waals surface area contributed by atoms with Crippen molar-refractivity contribution < 1.29 is 23.9 Å². The summed E-state index contributed by atoms with van der Waals surface area (Å²) >= 11 is 6.28. The molecule has 0 bridgehead atoms. The average Bonchev–Trinajstić information content (AvgIpc) is 3.06. The van der Waals surface area contributed by atoms with E-state index in [4.69, 9.17) is 21.1 Å². The Morgan fingerprint density at radius 2 is 1.82 bits per heavy atom. The van der Waals surface area contributed by atoms with E-state index in [1.165, 1.54) is 12.0 Å². The fraction of sp³-hybridized carbons (Fsp3) is 0.480. The van der Waals surface area contributed by atoms with Crippen LogP contribution < -0.4 is 0 Å². The van der Waals surface area contributed by atoms with Gasteiger partial charge in [-0.3, -0.25) is 9.59 Å². The minimum Gasteiger partial charge on any atom is -0.464 e. The third-order valence-corrected chi connectivity index (χ3v) is 6.14. The van der Waals surface area contributed by atoms with Gasteiger partial charge in [0.2, 0.25) is 0 Å². The summed E-state index contributed by atoms with van der Waals surface area (Å²) in [6.45, 7) is 10.9. The van der Waals surface area contributed by atoms with Gasteiger partial charge in [-0.05, 0) is 58.7 Å². The third-order valence-electron chi connectivity index (χ3n) is 5.81. The summed E-state index contributed by atoms with van der Waals surface area (Å²) in [4.78, 5) is 41.1. The first-order valence-electron chi connectivity index (χ1n) is 11.2. The SMILES string of the molecule is CCOCCCN(C(=O)c1ccccc1Cl)[C@H](C)C(=O)c1c(C)c(C(=O)OC)n(CC)c1C. The molecule has 0 aliphatic carbocycles. The number of methoxy groups -OCH3 is 1. The second kappa shape index (κ2) is 12.0. The maximum absolute atomic E-state index is 13.7. The summed E-state index contributed by atoms with van der Waals surface area (Å²) in [6, 6.07) is 6.02. The Morgan fingerprint density at radius 1 is 1.15 bits per heavy atom. The van der Waals surface area contributed by atoms with Crippen LogP contribution in [0.5, 0.6) is 0 Å². The lowest BCUT2D eigenvalue weighted by atomic mass is 9.99. The number of nitrogens with zero attached hydrogens (tertiary/aromatic N) is 2. The lowest BCUT2D eigenvalue weighted by Crippen LogP contribution is -2.44. The first kappa shape index (κ1) is 26.6. The summed E-state index contributed by atoms with van der Waals surface area (Å²) in [6.07, 6.45) is 0.572. The van der Waals surface area contributed by atoms with Crippen LogP contribution >= 0.6 is 11.6 Å². The van der Waals surface area contributed by atoms with Crippen LogP contribution in [0.1, 0.15) is 69.7 Å². The maximum Gasteiger partial charge on any atom is 0.354 e. The number of rotatable bonds is 11. The molecule has 1 heterocycles. The summed E-state index contributed by atoms with van der Waals surface area (Å²) in [5.41, 5.74) is 2.36. The highest BCUT2D eigenvalue weighted by Crippen LogP contribution is 2.27. The molecule has 0 saturated heterocycles. The molecule has 8 heteroatoms. The largest absolute Gasteiger partial charge is 0.464 e. The Balaban J connectivity index is 2.47. The highest BCUT2D eigenvalue weighted by Gasteiger charge is 2.33. The topological polar surface area (TPSA) is 77.8 Å². The zero-order chi connectivity index (χ0) is 24.7. The van der Waals surface area contributed by atoms with Crippen LogP contribution in [-0.2, 0) is 16.0 Å². The minimum absolute atomic E-state index is 0.237. The van der Waals surface area contributed by atoms with Gasteiger partial charge in [-0.15, -0.1) is 0 Å². The van der Waals surface area contributed by atoms with Crippen molar-refractivity contribution in [3.8, 4) is 0 Å². The number of carbonyl (C=O) groups excluding carboxylic acids is 3. The second-order valence-electron chi connectivity index (χ2n) is 7.74. The van der Waals surface area contributed by atoms with Gasteiger partial charge in [-0.25, -0.2) is 4.79 Å².